The van der Waals surface area contributed by atoms with Crippen molar-refractivity contribution in [3.63, 3.8) is 0 Å². The molecule has 15 heavy (non-hydrogen) atoms. The summed E-state index contributed by atoms with van der Waals surface area (Å²) in [6.45, 7) is 4.54. The van der Waals surface area contributed by atoms with Gasteiger partial charge in [0, 0.05) is 24.3 Å². The first-order chi connectivity index (χ1) is 7.19. The molecule has 0 spiro atoms. The molecule has 0 atom stereocenters. The third-order valence-corrected chi connectivity index (χ3v) is 4.21. The molecule has 1 aliphatic carbocycles. The second-order valence-electron chi connectivity index (χ2n) is 5.19. The van der Waals surface area contributed by atoms with Crippen LogP contribution in [0.15, 0.2) is 18.2 Å². The zero-order chi connectivity index (χ0) is 10.5. The maximum atomic E-state index is 6.01. The van der Waals surface area contributed by atoms with Gasteiger partial charge in [0.25, 0.3) is 0 Å². The molecule has 1 aromatic carbocycles. The summed E-state index contributed by atoms with van der Waals surface area (Å²) in [4.78, 5) is 2.59. The molecule has 0 aromatic heterocycles. The minimum absolute atomic E-state index is 0.450. The van der Waals surface area contributed by atoms with Crippen molar-refractivity contribution in [2.24, 2.45) is 0 Å². The molecule has 1 saturated carbocycles. The van der Waals surface area contributed by atoms with E-state index in [4.69, 9.17) is 5.73 Å². The van der Waals surface area contributed by atoms with Gasteiger partial charge in [-0.3, -0.25) is 4.90 Å². The molecule has 1 heterocycles. The van der Waals surface area contributed by atoms with Crippen LogP contribution in [0.1, 0.15) is 37.3 Å². The van der Waals surface area contributed by atoms with Gasteiger partial charge in [0.2, 0.25) is 0 Å². The lowest BCUT2D eigenvalue weighted by Gasteiger charge is -2.46. The highest BCUT2D eigenvalue weighted by Gasteiger charge is 2.40. The number of hydrogen-bond acceptors (Lipinski definition) is 2. The molecule has 2 nitrogen and oxygen atoms in total. The Balaban J connectivity index is 1.89. The van der Waals surface area contributed by atoms with E-state index in [2.05, 4.69) is 24.0 Å². The van der Waals surface area contributed by atoms with Crippen LogP contribution in [0.3, 0.4) is 0 Å². The number of hydrogen-bond donors (Lipinski definition) is 1. The van der Waals surface area contributed by atoms with Crippen LogP contribution in [0.2, 0.25) is 0 Å². The largest absolute Gasteiger partial charge is 0.398 e. The summed E-state index contributed by atoms with van der Waals surface area (Å²) in [5.41, 5.74) is 10.2. The Kier molecular flexibility index (Phi) is 1.84. The summed E-state index contributed by atoms with van der Waals surface area (Å²) in [7, 11) is 0. The van der Waals surface area contributed by atoms with Crippen molar-refractivity contribution in [2.45, 2.75) is 44.8 Å². The van der Waals surface area contributed by atoms with Crippen molar-refractivity contribution in [2.75, 3.05) is 5.73 Å². The van der Waals surface area contributed by atoms with Crippen LogP contribution >= 0.6 is 0 Å². The van der Waals surface area contributed by atoms with Crippen LogP contribution in [0, 0.1) is 0 Å². The Labute approximate surface area is 91.1 Å². The number of nitrogens with zero attached hydrogens (tertiary/aromatic N) is 1. The smallest absolute Gasteiger partial charge is 0.0363 e. The molecule has 2 aliphatic rings. The van der Waals surface area contributed by atoms with Crippen molar-refractivity contribution in [1.82, 2.24) is 4.90 Å². The van der Waals surface area contributed by atoms with Gasteiger partial charge in [-0.05, 0) is 43.4 Å². The van der Waals surface area contributed by atoms with Crippen molar-refractivity contribution < 1.29 is 0 Å². The number of fused-ring (bicyclic) bond motifs is 1. The van der Waals surface area contributed by atoms with Crippen LogP contribution in [0.25, 0.3) is 0 Å². The number of benzene rings is 1. The summed E-state index contributed by atoms with van der Waals surface area (Å²) in [6, 6.07) is 6.31. The van der Waals surface area contributed by atoms with E-state index in [1.165, 1.54) is 30.4 Å². The fraction of sp³-hybridized carbons (Fsp3) is 0.538. The molecule has 0 saturated heterocycles. The lowest BCUT2D eigenvalue weighted by Crippen LogP contribution is -2.48. The van der Waals surface area contributed by atoms with E-state index in [1.807, 2.05) is 6.07 Å². The first-order valence-electron chi connectivity index (χ1n) is 5.80. The third kappa shape index (κ3) is 1.28. The first-order valence-corrected chi connectivity index (χ1v) is 5.80. The summed E-state index contributed by atoms with van der Waals surface area (Å²) in [5, 5.41) is 0. The topological polar surface area (TPSA) is 29.3 Å². The first kappa shape index (κ1) is 9.22. The van der Waals surface area contributed by atoms with Crippen LogP contribution < -0.4 is 5.73 Å². The second-order valence-corrected chi connectivity index (χ2v) is 5.19. The predicted molar refractivity (Wildman–Crippen MR) is 62.4 cm³/mol. The molecule has 1 aliphatic heterocycles. The molecule has 0 bridgehead atoms. The van der Waals surface area contributed by atoms with Crippen molar-refractivity contribution in [3.05, 3.63) is 29.3 Å². The number of nitrogens with two attached hydrogens (primary N) is 1. The van der Waals surface area contributed by atoms with Gasteiger partial charge in [-0.1, -0.05) is 12.1 Å². The Morgan fingerprint density at radius 1 is 1.27 bits per heavy atom. The second kappa shape index (κ2) is 2.99. The average molecular weight is 202 g/mol. The highest BCUT2D eigenvalue weighted by Crippen LogP contribution is 2.42. The number of nitrogen functional groups attached to an aromatic ring is 1. The molecular weight excluding hydrogens is 184 g/mol. The zero-order valence-electron chi connectivity index (χ0n) is 9.29. The van der Waals surface area contributed by atoms with E-state index in [1.54, 1.807) is 0 Å². The highest BCUT2D eigenvalue weighted by molar-refractivity contribution is 5.52. The Morgan fingerprint density at radius 2 is 2.07 bits per heavy atom. The molecule has 3 rings (SSSR count). The fourth-order valence-electron chi connectivity index (χ4n) is 2.83. The monoisotopic (exact) mass is 202 g/mol. The Hall–Kier alpha value is -1.02. The van der Waals surface area contributed by atoms with E-state index in [-0.39, 0.29) is 0 Å². The lowest BCUT2D eigenvalue weighted by molar-refractivity contribution is 0.0290. The maximum Gasteiger partial charge on any atom is 0.0363 e. The summed E-state index contributed by atoms with van der Waals surface area (Å²) in [5.74, 6) is 0. The van der Waals surface area contributed by atoms with Gasteiger partial charge < -0.3 is 5.73 Å². The van der Waals surface area contributed by atoms with Crippen molar-refractivity contribution in [3.8, 4) is 0 Å². The molecular formula is C13H18N2. The van der Waals surface area contributed by atoms with Gasteiger partial charge >= 0.3 is 0 Å². The highest BCUT2D eigenvalue weighted by atomic mass is 15.2. The van der Waals surface area contributed by atoms with Gasteiger partial charge in [0.05, 0.1) is 0 Å². The van der Waals surface area contributed by atoms with Crippen molar-refractivity contribution >= 4 is 5.69 Å². The van der Waals surface area contributed by atoms with E-state index >= 15 is 0 Å². The van der Waals surface area contributed by atoms with Crippen molar-refractivity contribution in [1.29, 1.82) is 0 Å². The molecule has 80 valence electrons. The average Bonchev–Trinajstić information content (AvgIpc) is 2.59. The minimum atomic E-state index is 0.450. The number of rotatable bonds is 1. The Bertz CT molecular complexity index is 394. The quantitative estimate of drug-likeness (QED) is 0.709. The molecule has 0 radical (unpaired) electrons. The summed E-state index contributed by atoms with van der Waals surface area (Å²) < 4.78 is 0. The SMILES string of the molecule is CC1(N2Cc3cccc(N)c3C2)CCC1. The molecule has 1 aromatic rings. The predicted octanol–water partition coefficient (Wildman–Crippen LogP) is 2.53. The van der Waals surface area contributed by atoms with E-state index in [0.717, 1.165) is 18.8 Å². The van der Waals surface area contributed by atoms with Crippen LogP contribution in [0.4, 0.5) is 5.69 Å². The van der Waals surface area contributed by atoms with Gasteiger partial charge in [-0.2, -0.15) is 0 Å². The summed E-state index contributed by atoms with van der Waals surface area (Å²) in [6.07, 6.45) is 4.08. The maximum absolute atomic E-state index is 6.01. The van der Waals surface area contributed by atoms with Gasteiger partial charge in [0.1, 0.15) is 0 Å². The van der Waals surface area contributed by atoms with Gasteiger partial charge in [0.15, 0.2) is 0 Å². The van der Waals surface area contributed by atoms with E-state index in [9.17, 15) is 0 Å². The number of anilines is 1. The summed E-state index contributed by atoms with van der Waals surface area (Å²) >= 11 is 0. The minimum Gasteiger partial charge on any atom is -0.398 e. The molecule has 2 N–H and O–H groups in total. The van der Waals surface area contributed by atoms with Crippen LogP contribution in [-0.2, 0) is 13.1 Å². The molecule has 0 amide bonds. The van der Waals surface area contributed by atoms with E-state index in [0.29, 0.717) is 5.54 Å². The fourth-order valence-corrected chi connectivity index (χ4v) is 2.83. The van der Waals surface area contributed by atoms with Crippen LogP contribution in [0.5, 0.6) is 0 Å². The molecule has 1 fully saturated rings. The molecule has 2 heteroatoms. The zero-order valence-corrected chi connectivity index (χ0v) is 9.29. The van der Waals surface area contributed by atoms with Crippen LogP contribution in [-0.4, -0.2) is 10.4 Å². The van der Waals surface area contributed by atoms with Gasteiger partial charge in [-0.25, -0.2) is 0 Å². The van der Waals surface area contributed by atoms with E-state index < -0.39 is 0 Å². The lowest BCUT2D eigenvalue weighted by atomic mass is 9.77. The molecule has 0 unspecified atom stereocenters. The normalized spacial score (nSPS) is 23.5. The standard InChI is InChI=1S/C13H18N2/c1-13(6-3-7-13)15-8-10-4-2-5-12(14)11(10)9-15/h2,4-5H,3,6-9,14H2,1H3. The Morgan fingerprint density at radius 3 is 2.67 bits per heavy atom. The third-order valence-electron chi connectivity index (χ3n) is 4.21. The van der Waals surface area contributed by atoms with Gasteiger partial charge in [-0.15, -0.1) is 0 Å².